The zero-order chi connectivity index (χ0) is 13.9. The molecule has 1 aliphatic heterocycles. The van der Waals surface area contributed by atoms with Gasteiger partial charge in [-0.1, -0.05) is 35.5 Å². The van der Waals surface area contributed by atoms with E-state index < -0.39 is 0 Å². The number of hydrogen-bond acceptors (Lipinski definition) is 3. The molecule has 0 N–H and O–H groups in total. The summed E-state index contributed by atoms with van der Waals surface area (Å²) < 4.78 is 5.30. The monoisotopic (exact) mass is 270 g/mol. The number of carbonyl (C=O) groups is 1. The van der Waals surface area contributed by atoms with Gasteiger partial charge in [-0.05, 0) is 26.2 Å². The molecule has 1 aliphatic rings. The van der Waals surface area contributed by atoms with Crippen molar-refractivity contribution in [3.05, 3.63) is 42.1 Å². The van der Waals surface area contributed by atoms with Crippen LogP contribution in [-0.4, -0.2) is 28.6 Å². The van der Waals surface area contributed by atoms with E-state index in [1.165, 1.54) is 6.42 Å². The van der Waals surface area contributed by atoms with Crippen molar-refractivity contribution in [1.82, 2.24) is 10.1 Å². The topological polar surface area (TPSA) is 46.3 Å². The summed E-state index contributed by atoms with van der Waals surface area (Å²) in [6, 6.07) is 11.7. The molecule has 1 atom stereocenters. The molecular formula is C16H18N2O2. The Morgan fingerprint density at radius 3 is 2.85 bits per heavy atom. The lowest BCUT2D eigenvalue weighted by Crippen LogP contribution is -2.42. The molecule has 4 nitrogen and oxygen atoms in total. The van der Waals surface area contributed by atoms with Gasteiger partial charge in [0, 0.05) is 24.2 Å². The van der Waals surface area contributed by atoms with Crippen molar-refractivity contribution in [3.63, 3.8) is 0 Å². The van der Waals surface area contributed by atoms with Crippen LogP contribution in [0.2, 0.25) is 0 Å². The molecule has 2 aromatic rings. The molecule has 1 saturated heterocycles. The van der Waals surface area contributed by atoms with E-state index in [9.17, 15) is 4.79 Å². The van der Waals surface area contributed by atoms with Gasteiger partial charge in [0.15, 0.2) is 11.5 Å². The molecule has 3 rings (SSSR count). The Morgan fingerprint density at radius 1 is 1.30 bits per heavy atom. The van der Waals surface area contributed by atoms with Crippen molar-refractivity contribution >= 4 is 5.91 Å². The van der Waals surface area contributed by atoms with Crippen LogP contribution in [0.15, 0.2) is 40.9 Å². The quantitative estimate of drug-likeness (QED) is 0.840. The molecule has 0 spiro atoms. The maximum Gasteiger partial charge on any atom is 0.276 e. The van der Waals surface area contributed by atoms with Gasteiger partial charge in [0.25, 0.3) is 5.91 Å². The maximum absolute atomic E-state index is 12.5. The summed E-state index contributed by atoms with van der Waals surface area (Å²) in [4.78, 5) is 14.4. The minimum atomic E-state index is -0.0249. The fourth-order valence-corrected chi connectivity index (χ4v) is 2.66. The van der Waals surface area contributed by atoms with Crippen molar-refractivity contribution < 1.29 is 9.32 Å². The molecule has 1 amide bonds. The third kappa shape index (κ3) is 2.46. The predicted molar refractivity (Wildman–Crippen MR) is 76.3 cm³/mol. The smallest absolute Gasteiger partial charge is 0.276 e. The summed E-state index contributed by atoms with van der Waals surface area (Å²) in [6.45, 7) is 2.91. The second kappa shape index (κ2) is 5.49. The van der Waals surface area contributed by atoms with E-state index in [0.29, 0.717) is 11.5 Å². The van der Waals surface area contributed by atoms with Gasteiger partial charge in [0.2, 0.25) is 0 Å². The largest absolute Gasteiger partial charge is 0.355 e. The van der Waals surface area contributed by atoms with Gasteiger partial charge in [-0.15, -0.1) is 0 Å². The highest BCUT2D eigenvalue weighted by atomic mass is 16.5. The fourth-order valence-electron chi connectivity index (χ4n) is 2.66. The van der Waals surface area contributed by atoms with Crippen LogP contribution in [0.3, 0.4) is 0 Å². The summed E-state index contributed by atoms with van der Waals surface area (Å²) in [6.07, 6.45) is 3.33. The van der Waals surface area contributed by atoms with Crippen LogP contribution in [0, 0.1) is 0 Å². The summed E-state index contributed by atoms with van der Waals surface area (Å²) in [5.74, 6) is 0.613. The van der Waals surface area contributed by atoms with Crippen molar-refractivity contribution in [2.75, 3.05) is 6.54 Å². The SMILES string of the molecule is C[C@H]1CCCCN1C(=O)c1cc(-c2ccccc2)on1. The van der Waals surface area contributed by atoms with Gasteiger partial charge in [0.1, 0.15) is 0 Å². The Balaban J connectivity index is 1.81. The van der Waals surface area contributed by atoms with E-state index in [4.69, 9.17) is 4.52 Å². The molecule has 1 aromatic heterocycles. The lowest BCUT2D eigenvalue weighted by atomic mass is 10.0. The minimum absolute atomic E-state index is 0.0249. The molecule has 1 aromatic carbocycles. The van der Waals surface area contributed by atoms with Gasteiger partial charge >= 0.3 is 0 Å². The molecule has 1 fully saturated rings. The maximum atomic E-state index is 12.5. The van der Waals surface area contributed by atoms with Crippen LogP contribution in [0.25, 0.3) is 11.3 Å². The number of amides is 1. The normalized spacial score (nSPS) is 19.1. The third-order valence-electron chi connectivity index (χ3n) is 3.85. The number of aromatic nitrogens is 1. The molecule has 0 aliphatic carbocycles. The highest BCUT2D eigenvalue weighted by Gasteiger charge is 2.26. The van der Waals surface area contributed by atoms with E-state index in [0.717, 1.165) is 24.9 Å². The fraction of sp³-hybridized carbons (Fsp3) is 0.375. The first-order valence-corrected chi connectivity index (χ1v) is 7.09. The molecule has 0 radical (unpaired) electrons. The lowest BCUT2D eigenvalue weighted by molar-refractivity contribution is 0.0625. The number of rotatable bonds is 2. The van der Waals surface area contributed by atoms with Crippen molar-refractivity contribution in [2.24, 2.45) is 0 Å². The van der Waals surface area contributed by atoms with Gasteiger partial charge in [-0.3, -0.25) is 4.79 Å². The van der Waals surface area contributed by atoms with E-state index in [1.807, 2.05) is 35.2 Å². The third-order valence-corrected chi connectivity index (χ3v) is 3.85. The van der Waals surface area contributed by atoms with E-state index in [-0.39, 0.29) is 11.9 Å². The summed E-state index contributed by atoms with van der Waals surface area (Å²) in [5, 5.41) is 3.94. The second-order valence-corrected chi connectivity index (χ2v) is 5.29. The van der Waals surface area contributed by atoms with Gasteiger partial charge in [-0.25, -0.2) is 0 Å². The number of benzene rings is 1. The lowest BCUT2D eigenvalue weighted by Gasteiger charge is -2.32. The van der Waals surface area contributed by atoms with Gasteiger partial charge < -0.3 is 9.42 Å². The highest BCUT2D eigenvalue weighted by molar-refractivity contribution is 5.93. The summed E-state index contributed by atoms with van der Waals surface area (Å²) >= 11 is 0. The van der Waals surface area contributed by atoms with Gasteiger partial charge in [0.05, 0.1) is 0 Å². The first kappa shape index (κ1) is 12.9. The predicted octanol–water partition coefficient (Wildman–Crippen LogP) is 3.36. The van der Waals surface area contributed by atoms with Crippen LogP contribution in [0.1, 0.15) is 36.7 Å². The number of piperidine rings is 1. The molecule has 0 saturated carbocycles. The van der Waals surface area contributed by atoms with E-state index >= 15 is 0 Å². The second-order valence-electron chi connectivity index (χ2n) is 5.29. The summed E-state index contributed by atoms with van der Waals surface area (Å²) in [5.41, 5.74) is 1.34. The number of nitrogens with zero attached hydrogens (tertiary/aromatic N) is 2. The molecule has 2 heterocycles. The highest BCUT2D eigenvalue weighted by Crippen LogP contribution is 2.23. The Hall–Kier alpha value is -2.10. The first-order chi connectivity index (χ1) is 9.75. The Bertz CT molecular complexity index is 592. The Kier molecular flexibility index (Phi) is 3.54. The minimum Gasteiger partial charge on any atom is -0.355 e. The number of carbonyl (C=O) groups excluding carboxylic acids is 1. The van der Waals surface area contributed by atoms with Gasteiger partial charge in [-0.2, -0.15) is 0 Å². The Morgan fingerprint density at radius 2 is 2.10 bits per heavy atom. The Labute approximate surface area is 118 Å². The molecule has 104 valence electrons. The average Bonchev–Trinajstić information content (AvgIpc) is 2.98. The zero-order valence-electron chi connectivity index (χ0n) is 11.6. The molecule has 4 heteroatoms. The number of hydrogen-bond donors (Lipinski definition) is 0. The van der Waals surface area contributed by atoms with Crippen molar-refractivity contribution in [1.29, 1.82) is 0 Å². The molecule has 20 heavy (non-hydrogen) atoms. The van der Waals surface area contributed by atoms with Crippen LogP contribution in [-0.2, 0) is 0 Å². The van der Waals surface area contributed by atoms with Crippen molar-refractivity contribution in [2.45, 2.75) is 32.2 Å². The van der Waals surface area contributed by atoms with Crippen LogP contribution < -0.4 is 0 Å². The van der Waals surface area contributed by atoms with E-state index in [2.05, 4.69) is 12.1 Å². The zero-order valence-corrected chi connectivity index (χ0v) is 11.6. The van der Waals surface area contributed by atoms with Crippen molar-refractivity contribution in [3.8, 4) is 11.3 Å². The van der Waals surface area contributed by atoms with Crippen LogP contribution in [0.4, 0.5) is 0 Å². The summed E-state index contributed by atoms with van der Waals surface area (Å²) in [7, 11) is 0. The molecule has 0 unspecified atom stereocenters. The molecule has 0 bridgehead atoms. The van der Waals surface area contributed by atoms with E-state index in [1.54, 1.807) is 6.07 Å². The first-order valence-electron chi connectivity index (χ1n) is 7.09. The molecular weight excluding hydrogens is 252 g/mol. The van der Waals surface area contributed by atoms with Crippen LogP contribution >= 0.6 is 0 Å². The standard InChI is InChI=1S/C16H18N2O2/c1-12-7-5-6-10-18(12)16(19)14-11-15(20-17-14)13-8-3-2-4-9-13/h2-4,8-9,11-12H,5-7,10H2,1H3/t12-/m0/s1. The van der Waals surface area contributed by atoms with Crippen LogP contribution in [0.5, 0.6) is 0 Å². The average molecular weight is 270 g/mol. The number of likely N-dealkylation sites (tertiary alicyclic amines) is 1.